The number of hydrogen-bond acceptors (Lipinski definition) is 4. The summed E-state index contributed by atoms with van der Waals surface area (Å²) in [5.74, 6) is 0. The predicted octanol–water partition coefficient (Wildman–Crippen LogP) is -0.297. The Kier molecular flexibility index (Phi) is 8.75. The van der Waals surface area contributed by atoms with E-state index in [2.05, 4.69) is 0 Å². The van der Waals surface area contributed by atoms with Crippen LogP contribution in [-0.4, -0.2) is 21.7 Å². The van der Waals surface area contributed by atoms with E-state index in [-0.39, 0.29) is 5.48 Å². The van der Waals surface area contributed by atoms with Gasteiger partial charge in [0.05, 0.1) is 17.7 Å². The zero-order valence-electron chi connectivity index (χ0n) is 8.42. The largest absolute Gasteiger partial charge is 0.412 e. The number of nitrogens with two attached hydrogens (primary N) is 1. The zero-order chi connectivity index (χ0) is 10.4. The van der Waals surface area contributed by atoms with Crippen molar-refractivity contribution in [1.29, 1.82) is 10.5 Å². The fourth-order valence-electron chi connectivity index (χ4n) is 0. The Hall–Kier alpha value is -1.14. The van der Waals surface area contributed by atoms with Gasteiger partial charge in [0.15, 0.2) is 0 Å². The minimum absolute atomic E-state index is 0. The topological polar surface area (TPSA) is 125 Å². The minimum Gasteiger partial charge on any atom is -0.412 e. The lowest BCUT2D eigenvalue weighted by Gasteiger charge is -2.02. The summed E-state index contributed by atoms with van der Waals surface area (Å²) >= 11 is 0. The third-order valence-electron chi connectivity index (χ3n) is 0.562. The molecular weight excluding hydrogens is 170 g/mol. The minimum atomic E-state index is -1.15. The van der Waals surface area contributed by atoms with E-state index in [1.165, 1.54) is 13.8 Å². The highest BCUT2D eigenvalue weighted by Gasteiger charge is 2.07. The number of nitriles is 2. The van der Waals surface area contributed by atoms with Crippen LogP contribution in [0.1, 0.15) is 27.7 Å². The van der Waals surface area contributed by atoms with Gasteiger partial charge in [0.1, 0.15) is 5.60 Å². The van der Waals surface area contributed by atoms with Crippen molar-refractivity contribution in [1.82, 2.24) is 0 Å². The Morgan fingerprint density at radius 3 is 1.23 bits per heavy atom. The van der Waals surface area contributed by atoms with E-state index in [4.69, 9.17) is 21.4 Å². The van der Waals surface area contributed by atoms with E-state index in [0.29, 0.717) is 0 Å². The van der Waals surface area contributed by atoms with Crippen LogP contribution in [0, 0.1) is 22.7 Å². The van der Waals surface area contributed by atoms with E-state index in [1.54, 1.807) is 19.9 Å². The smallest absolute Gasteiger partial charge is 0.145 e. The lowest BCUT2D eigenvalue weighted by molar-refractivity contribution is 0.141. The second kappa shape index (κ2) is 6.38. The van der Waals surface area contributed by atoms with Gasteiger partial charge < -0.3 is 16.3 Å². The molecule has 0 saturated heterocycles. The SMILES string of the molecule is CC(C)(N)C#N.CC(C)(O)C#N.O. The number of hydrogen-bond donors (Lipinski definition) is 2. The lowest BCUT2D eigenvalue weighted by atomic mass is 10.1. The fourth-order valence-corrected chi connectivity index (χ4v) is 0. The van der Waals surface area contributed by atoms with Gasteiger partial charge in [-0.1, -0.05) is 0 Å². The van der Waals surface area contributed by atoms with Gasteiger partial charge in [0.25, 0.3) is 0 Å². The summed E-state index contributed by atoms with van der Waals surface area (Å²) in [4.78, 5) is 0. The summed E-state index contributed by atoms with van der Waals surface area (Å²) in [6, 6.07) is 3.54. The van der Waals surface area contributed by atoms with Gasteiger partial charge in [0, 0.05) is 0 Å². The maximum atomic E-state index is 8.47. The van der Waals surface area contributed by atoms with Crippen molar-refractivity contribution in [2.45, 2.75) is 38.8 Å². The standard InChI is InChI=1S/C4H8N2.C4H7NO.H2O/c2*1-4(2,6)3-5;/h6H2,1-2H3;6H,1-2H3;1H2. The lowest BCUT2D eigenvalue weighted by Crippen LogP contribution is -2.28. The van der Waals surface area contributed by atoms with Crippen LogP contribution >= 0.6 is 0 Å². The van der Waals surface area contributed by atoms with Gasteiger partial charge in [0.2, 0.25) is 0 Å². The second-order valence-corrected chi connectivity index (χ2v) is 3.50. The Morgan fingerprint density at radius 1 is 1.08 bits per heavy atom. The summed E-state index contributed by atoms with van der Waals surface area (Å²) in [5.41, 5.74) is 3.37. The fraction of sp³-hybridized carbons (Fsp3) is 0.750. The number of rotatable bonds is 0. The van der Waals surface area contributed by atoms with Crippen molar-refractivity contribution in [3.8, 4) is 12.1 Å². The van der Waals surface area contributed by atoms with Crippen LogP contribution in [-0.2, 0) is 0 Å². The highest BCUT2D eigenvalue weighted by Crippen LogP contribution is 1.93. The van der Waals surface area contributed by atoms with E-state index in [0.717, 1.165) is 0 Å². The quantitative estimate of drug-likeness (QED) is 0.505. The van der Waals surface area contributed by atoms with Crippen LogP contribution in [0.15, 0.2) is 0 Å². The number of nitrogens with zero attached hydrogens (tertiary/aromatic N) is 2. The van der Waals surface area contributed by atoms with Gasteiger partial charge >= 0.3 is 0 Å². The first-order valence-electron chi connectivity index (χ1n) is 3.46. The van der Waals surface area contributed by atoms with Crippen molar-refractivity contribution in [2.75, 3.05) is 0 Å². The maximum Gasteiger partial charge on any atom is 0.145 e. The van der Waals surface area contributed by atoms with E-state index < -0.39 is 11.1 Å². The molecule has 0 unspecified atom stereocenters. The third kappa shape index (κ3) is 36.1. The molecule has 0 aromatic carbocycles. The molecule has 0 aromatic rings. The van der Waals surface area contributed by atoms with E-state index in [1.807, 2.05) is 6.07 Å². The van der Waals surface area contributed by atoms with Crippen molar-refractivity contribution in [3.63, 3.8) is 0 Å². The molecule has 0 spiro atoms. The van der Waals surface area contributed by atoms with Gasteiger partial charge in [-0.25, -0.2) is 0 Å². The molecule has 0 bridgehead atoms. The number of aliphatic hydroxyl groups is 1. The Bertz CT molecular complexity index is 175. The first-order valence-corrected chi connectivity index (χ1v) is 3.46. The van der Waals surface area contributed by atoms with Gasteiger partial charge in [-0.05, 0) is 27.7 Å². The predicted molar refractivity (Wildman–Crippen MR) is 49.4 cm³/mol. The molecule has 0 amide bonds. The molecular formula is C8H17N3O2. The third-order valence-corrected chi connectivity index (χ3v) is 0.562. The van der Waals surface area contributed by atoms with E-state index in [9.17, 15) is 0 Å². The molecule has 13 heavy (non-hydrogen) atoms. The molecule has 0 aliphatic rings. The molecule has 0 fully saturated rings. The van der Waals surface area contributed by atoms with Crippen LogP contribution in [0.3, 0.4) is 0 Å². The molecule has 0 radical (unpaired) electrons. The van der Waals surface area contributed by atoms with Crippen LogP contribution in [0.25, 0.3) is 0 Å². The van der Waals surface area contributed by atoms with Crippen LogP contribution in [0.5, 0.6) is 0 Å². The molecule has 0 aliphatic heterocycles. The van der Waals surface area contributed by atoms with Crippen molar-refractivity contribution in [3.05, 3.63) is 0 Å². The Morgan fingerprint density at radius 2 is 1.23 bits per heavy atom. The molecule has 0 saturated carbocycles. The normalized spacial score (nSPS) is 9.54. The summed E-state index contributed by atoms with van der Waals surface area (Å²) in [7, 11) is 0. The van der Waals surface area contributed by atoms with Gasteiger partial charge in [-0.3, -0.25) is 0 Å². The molecule has 5 nitrogen and oxygen atoms in total. The van der Waals surface area contributed by atoms with Gasteiger partial charge in [-0.2, -0.15) is 10.5 Å². The monoisotopic (exact) mass is 187 g/mol. The summed E-state index contributed by atoms with van der Waals surface area (Å²) < 4.78 is 0. The average Bonchev–Trinajstić information content (AvgIpc) is 1.86. The highest BCUT2D eigenvalue weighted by atomic mass is 16.3. The maximum absolute atomic E-state index is 8.47. The summed E-state index contributed by atoms with van der Waals surface area (Å²) in [6.07, 6.45) is 0. The summed E-state index contributed by atoms with van der Waals surface area (Å²) in [5, 5.41) is 24.4. The first-order chi connectivity index (χ1) is 5.12. The van der Waals surface area contributed by atoms with Crippen LogP contribution in [0.2, 0.25) is 0 Å². The van der Waals surface area contributed by atoms with Crippen molar-refractivity contribution < 1.29 is 10.6 Å². The average molecular weight is 187 g/mol. The summed E-state index contributed by atoms with van der Waals surface area (Å²) in [6.45, 7) is 6.19. The molecule has 0 heterocycles. The molecule has 0 atom stereocenters. The second-order valence-electron chi connectivity index (χ2n) is 3.50. The Balaban J connectivity index is -0.000000143. The highest BCUT2D eigenvalue weighted by molar-refractivity contribution is 4.96. The first kappa shape index (κ1) is 17.8. The van der Waals surface area contributed by atoms with E-state index >= 15 is 0 Å². The van der Waals surface area contributed by atoms with Crippen molar-refractivity contribution >= 4 is 0 Å². The molecule has 0 rings (SSSR count). The zero-order valence-corrected chi connectivity index (χ0v) is 8.42. The molecule has 0 aromatic heterocycles. The Labute approximate surface area is 78.7 Å². The molecule has 5 heteroatoms. The van der Waals surface area contributed by atoms with Crippen LogP contribution in [0.4, 0.5) is 0 Å². The molecule has 5 N–H and O–H groups in total. The van der Waals surface area contributed by atoms with Gasteiger partial charge in [-0.15, -0.1) is 0 Å². The van der Waals surface area contributed by atoms with Crippen LogP contribution < -0.4 is 5.73 Å². The van der Waals surface area contributed by atoms with Crippen molar-refractivity contribution in [2.24, 2.45) is 5.73 Å². The molecule has 0 aliphatic carbocycles. The molecule has 76 valence electrons.